The average molecular weight is 489 g/mol. The summed E-state index contributed by atoms with van der Waals surface area (Å²) in [5.74, 6) is 1.12. The smallest absolute Gasteiger partial charge is 0.202 e. The van der Waals surface area contributed by atoms with Crippen LogP contribution in [0.5, 0.6) is 17.2 Å². The maximum absolute atomic E-state index is 13.8. The van der Waals surface area contributed by atoms with E-state index in [0.29, 0.717) is 34.5 Å². The molecule has 6 rings (SSSR count). The van der Waals surface area contributed by atoms with Crippen LogP contribution < -0.4 is 14.9 Å². The number of ketones is 1. The second-order valence-corrected chi connectivity index (χ2v) is 9.16. The Morgan fingerprint density at radius 2 is 1.49 bits per heavy atom. The first kappa shape index (κ1) is 22.8. The second kappa shape index (κ2) is 9.43. The molecule has 0 amide bonds. The van der Waals surface area contributed by atoms with Gasteiger partial charge in [0, 0.05) is 11.8 Å². The van der Waals surface area contributed by atoms with Crippen LogP contribution in [0, 0.1) is 5.92 Å². The Labute approximate surface area is 213 Å². The first-order valence-corrected chi connectivity index (χ1v) is 12.2. The lowest BCUT2D eigenvalue weighted by atomic mass is 9.81. The molecule has 0 fully saturated rings. The molecule has 2 atom stereocenters. The number of ether oxygens (including phenoxy) is 2. The zero-order valence-corrected chi connectivity index (χ0v) is 20.2. The zero-order chi connectivity index (χ0) is 25.4. The number of fused-ring (bicyclic) bond motifs is 2. The molecule has 0 spiro atoms. The van der Waals surface area contributed by atoms with Gasteiger partial charge in [0.25, 0.3) is 0 Å². The van der Waals surface area contributed by atoms with Gasteiger partial charge in [-0.3, -0.25) is 9.59 Å². The van der Waals surface area contributed by atoms with Crippen molar-refractivity contribution in [3.05, 3.63) is 136 Å². The third kappa shape index (κ3) is 4.19. The van der Waals surface area contributed by atoms with Crippen LogP contribution in [0.15, 0.2) is 112 Å². The minimum absolute atomic E-state index is 0.154. The van der Waals surface area contributed by atoms with E-state index < -0.39 is 11.8 Å². The van der Waals surface area contributed by atoms with Crippen LogP contribution in [-0.4, -0.2) is 12.9 Å². The third-order valence-corrected chi connectivity index (χ3v) is 6.92. The van der Waals surface area contributed by atoms with E-state index in [1.165, 1.54) is 0 Å². The molecule has 182 valence electrons. The minimum Gasteiger partial charge on any atom is -0.497 e. The molecule has 0 radical (unpaired) electrons. The van der Waals surface area contributed by atoms with Crippen LogP contribution in [0.25, 0.3) is 11.0 Å². The highest BCUT2D eigenvalue weighted by atomic mass is 16.5. The monoisotopic (exact) mass is 488 g/mol. The van der Waals surface area contributed by atoms with Crippen molar-refractivity contribution in [3.8, 4) is 17.2 Å². The van der Waals surface area contributed by atoms with E-state index in [2.05, 4.69) is 0 Å². The van der Waals surface area contributed by atoms with Crippen molar-refractivity contribution in [1.29, 1.82) is 0 Å². The number of para-hydroxylation sites is 2. The fourth-order valence-corrected chi connectivity index (χ4v) is 5.16. The van der Waals surface area contributed by atoms with Gasteiger partial charge in [-0.15, -0.1) is 0 Å². The molecule has 2 unspecified atom stereocenters. The van der Waals surface area contributed by atoms with E-state index in [4.69, 9.17) is 13.9 Å². The van der Waals surface area contributed by atoms with Gasteiger partial charge in [-0.2, -0.15) is 0 Å². The molecule has 1 aromatic heterocycles. The van der Waals surface area contributed by atoms with E-state index >= 15 is 0 Å². The van der Waals surface area contributed by atoms with Crippen LogP contribution in [0.2, 0.25) is 0 Å². The fourth-order valence-electron chi connectivity index (χ4n) is 5.16. The van der Waals surface area contributed by atoms with Gasteiger partial charge in [0.1, 0.15) is 22.8 Å². The van der Waals surface area contributed by atoms with E-state index in [-0.39, 0.29) is 17.0 Å². The Balaban J connectivity index is 1.47. The number of carbonyl (C=O) groups excluding carboxylic acids is 1. The standard InChI is InChI=1S/C32H24O5/c1-35-22-16-14-20(15-17-22)18-26-28(21-8-7-11-24(19-21)36-23-9-3-2-4-10-23)29-30(33)25-12-5-6-13-27(25)37-32(29)31(26)34/h2-17,19,26,28H,18H2,1H3. The fraction of sp³-hybridized carbons (Fsp3) is 0.125. The van der Waals surface area contributed by atoms with Crippen molar-refractivity contribution in [2.24, 2.45) is 5.92 Å². The number of Topliss-reactive ketones (excluding diaryl/α,β-unsaturated/α-hetero) is 1. The van der Waals surface area contributed by atoms with E-state index in [0.717, 1.165) is 16.9 Å². The maximum Gasteiger partial charge on any atom is 0.202 e. The van der Waals surface area contributed by atoms with Crippen LogP contribution in [-0.2, 0) is 6.42 Å². The first-order chi connectivity index (χ1) is 18.1. The highest BCUT2D eigenvalue weighted by Crippen LogP contribution is 2.44. The zero-order valence-electron chi connectivity index (χ0n) is 20.2. The van der Waals surface area contributed by atoms with Gasteiger partial charge in [-0.25, -0.2) is 0 Å². The van der Waals surface area contributed by atoms with Gasteiger partial charge >= 0.3 is 0 Å². The maximum atomic E-state index is 13.8. The molecule has 5 heteroatoms. The molecule has 0 saturated carbocycles. The molecule has 0 bridgehead atoms. The summed E-state index contributed by atoms with van der Waals surface area (Å²) < 4.78 is 17.4. The van der Waals surface area contributed by atoms with Crippen molar-refractivity contribution < 1.29 is 18.7 Å². The third-order valence-electron chi connectivity index (χ3n) is 6.92. The minimum atomic E-state index is -0.497. The summed E-state index contributed by atoms with van der Waals surface area (Å²) in [6, 6.07) is 31.9. The average Bonchev–Trinajstić information content (AvgIpc) is 3.21. The summed E-state index contributed by atoms with van der Waals surface area (Å²) in [7, 11) is 1.62. The molecular formula is C32H24O5. The van der Waals surface area contributed by atoms with Gasteiger partial charge in [0.15, 0.2) is 11.2 Å². The summed E-state index contributed by atoms with van der Waals surface area (Å²) in [6.45, 7) is 0. The predicted molar refractivity (Wildman–Crippen MR) is 142 cm³/mol. The normalized spacial score (nSPS) is 16.5. The molecule has 37 heavy (non-hydrogen) atoms. The Hall–Kier alpha value is -4.64. The summed E-state index contributed by atoms with van der Waals surface area (Å²) in [4.78, 5) is 27.5. The lowest BCUT2D eigenvalue weighted by Crippen LogP contribution is -2.20. The van der Waals surface area contributed by atoms with Crippen LogP contribution in [0.3, 0.4) is 0 Å². The summed E-state index contributed by atoms with van der Waals surface area (Å²) in [5, 5.41) is 0.473. The van der Waals surface area contributed by atoms with Crippen LogP contribution in [0.4, 0.5) is 0 Å². The Kier molecular flexibility index (Phi) is 5.81. The number of methoxy groups -OCH3 is 1. The Morgan fingerprint density at radius 1 is 0.757 bits per heavy atom. The van der Waals surface area contributed by atoms with Crippen LogP contribution >= 0.6 is 0 Å². The summed E-state index contributed by atoms with van der Waals surface area (Å²) >= 11 is 0. The van der Waals surface area contributed by atoms with Gasteiger partial charge in [-0.1, -0.05) is 54.6 Å². The van der Waals surface area contributed by atoms with E-state index in [9.17, 15) is 9.59 Å². The Bertz CT molecular complexity index is 1650. The molecule has 5 aromatic rings. The summed E-state index contributed by atoms with van der Waals surface area (Å²) in [5.41, 5.74) is 2.48. The van der Waals surface area contributed by atoms with Gasteiger partial charge in [0.2, 0.25) is 5.78 Å². The number of benzene rings is 4. The molecule has 1 heterocycles. The highest BCUT2D eigenvalue weighted by molar-refractivity contribution is 6.03. The second-order valence-electron chi connectivity index (χ2n) is 9.16. The molecule has 1 aliphatic rings. The van der Waals surface area contributed by atoms with Gasteiger partial charge < -0.3 is 13.9 Å². The Morgan fingerprint density at radius 3 is 2.27 bits per heavy atom. The molecule has 1 aliphatic carbocycles. The van der Waals surface area contributed by atoms with Crippen molar-refractivity contribution in [2.75, 3.05) is 7.11 Å². The number of hydrogen-bond donors (Lipinski definition) is 0. The molecule has 5 nitrogen and oxygen atoms in total. The van der Waals surface area contributed by atoms with Crippen molar-refractivity contribution >= 4 is 16.8 Å². The SMILES string of the molecule is COc1ccc(CC2C(=O)c3oc4ccccc4c(=O)c3C2c2cccc(Oc3ccccc3)c2)cc1. The van der Waals surface area contributed by atoms with Crippen LogP contribution in [0.1, 0.15) is 33.2 Å². The predicted octanol–water partition coefficient (Wildman–Crippen LogP) is 6.78. The molecule has 4 aromatic carbocycles. The first-order valence-electron chi connectivity index (χ1n) is 12.2. The van der Waals surface area contributed by atoms with Crippen molar-refractivity contribution in [1.82, 2.24) is 0 Å². The molecular weight excluding hydrogens is 464 g/mol. The molecule has 0 aliphatic heterocycles. The number of hydrogen-bond acceptors (Lipinski definition) is 5. The van der Waals surface area contributed by atoms with Crippen molar-refractivity contribution in [2.45, 2.75) is 12.3 Å². The van der Waals surface area contributed by atoms with Gasteiger partial charge in [-0.05, 0) is 66.1 Å². The summed E-state index contributed by atoms with van der Waals surface area (Å²) in [6.07, 6.45) is 0.456. The lowest BCUT2D eigenvalue weighted by molar-refractivity contribution is 0.0906. The topological polar surface area (TPSA) is 65.7 Å². The largest absolute Gasteiger partial charge is 0.497 e. The van der Waals surface area contributed by atoms with Crippen molar-refractivity contribution in [3.63, 3.8) is 0 Å². The van der Waals surface area contributed by atoms with E-state index in [1.54, 1.807) is 31.4 Å². The number of carbonyl (C=O) groups is 1. The van der Waals surface area contributed by atoms with E-state index in [1.807, 2.05) is 78.9 Å². The lowest BCUT2D eigenvalue weighted by Gasteiger charge is -2.20. The highest BCUT2D eigenvalue weighted by Gasteiger charge is 2.45. The van der Waals surface area contributed by atoms with Gasteiger partial charge in [0.05, 0.1) is 18.1 Å². The number of rotatable bonds is 6. The molecule has 0 saturated heterocycles. The molecule has 0 N–H and O–H groups in total. The quantitative estimate of drug-likeness (QED) is 0.264.